The zero-order valence-electron chi connectivity index (χ0n) is 11.8. The standard InChI is InChI=1S/C15H13N5O2/c1-2-13-18-11(10-3-5-16-6-4-10)7-14(19-13)20-8-12(15(21)22)17-9-20/h3-9H,2H2,1H3,(H,21,22). The Morgan fingerprint density at radius 3 is 2.68 bits per heavy atom. The van der Waals surface area contributed by atoms with Crippen LogP contribution >= 0.6 is 0 Å². The molecule has 0 aliphatic rings. The number of imidazole rings is 1. The van der Waals surface area contributed by atoms with Gasteiger partial charge < -0.3 is 5.11 Å². The van der Waals surface area contributed by atoms with Crippen LogP contribution in [0.25, 0.3) is 17.1 Å². The molecule has 0 radical (unpaired) electrons. The van der Waals surface area contributed by atoms with Crippen LogP contribution in [0, 0.1) is 0 Å². The molecule has 7 nitrogen and oxygen atoms in total. The highest BCUT2D eigenvalue weighted by Crippen LogP contribution is 2.19. The van der Waals surface area contributed by atoms with Gasteiger partial charge in [-0.05, 0) is 12.1 Å². The number of aromatic carboxylic acids is 1. The monoisotopic (exact) mass is 295 g/mol. The Morgan fingerprint density at radius 2 is 2.05 bits per heavy atom. The third-order valence-corrected chi connectivity index (χ3v) is 3.12. The van der Waals surface area contributed by atoms with E-state index in [9.17, 15) is 4.79 Å². The maximum absolute atomic E-state index is 10.9. The summed E-state index contributed by atoms with van der Waals surface area (Å²) in [6, 6.07) is 5.52. The number of hydrogen-bond donors (Lipinski definition) is 1. The smallest absolute Gasteiger partial charge is 0.356 e. The fourth-order valence-corrected chi connectivity index (χ4v) is 2.00. The number of rotatable bonds is 4. The number of hydrogen-bond acceptors (Lipinski definition) is 5. The van der Waals surface area contributed by atoms with Crippen molar-refractivity contribution >= 4 is 5.97 Å². The van der Waals surface area contributed by atoms with E-state index in [1.54, 1.807) is 23.0 Å². The SMILES string of the molecule is CCc1nc(-c2ccncc2)cc(-n2cnc(C(=O)O)c2)n1. The molecule has 0 aliphatic carbocycles. The highest BCUT2D eigenvalue weighted by atomic mass is 16.4. The summed E-state index contributed by atoms with van der Waals surface area (Å²) in [7, 11) is 0. The number of carboxylic acid groups (broad SMARTS) is 1. The summed E-state index contributed by atoms with van der Waals surface area (Å²) in [5, 5.41) is 8.96. The second kappa shape index (κ2) is 5.72. The molecule has 7 heteroatoms. The molecule has 0 spiro atoms. The van der Waals surface area contributed by atoms with Crippen LogP contribution in [0.15, 0.2) is 43.1 Å². The number of carbonyl (C=O) groups is 1. The molecule has 3 heterocycles. The molecule has 0 fully saturated rings. The average molecular weight is 295 g/mol. The first kappa shape index (κ1) is 13.9. The van der Waals surface area contributed by atoms with E-state index in [2.05, 4.69) is 19.9 Å². The van der Waals surface area contributed by atoms with Crippen LogP contribution in [-0.2, 0) is 6.42 Å². The molecule has 3 rings (SSSR count). The van der Waals surface area contributed by atoms with E-state index >= 15 is 0 Å². The summed E-state index contributed by atoms with van der Waals surface area (Å²) in [6.07, 6.45) is 6.93. The van der Waals surface area contributed by atoms with Gasteiger partial charge >= 0.3 is 5.97 Å². The molecule has 0 saturated heterocycles. The predicted molar refractivity (Wildman–Crippen MR) is 78.7 cm³/mol. The van der Waals surface area contributed by atoms with Crippen LogP contribution in [0.4, 0.5) is 0 Å². The zero-order valence-corrected chi connectivity index (χ0v) is 11.8. The average Bonchev–Trinajstić information content (AvgIpc) is 3.05. The minimum absolute atomic E-state index is 0.0258. The largest absolute Gasteiger partial charge is 0.476 e. The minimum Gasteiger partial charge on any atom is -0.476 e. The van der Waals surface area contributed by atoms with E-state index in [1.807, 2.05) is 19.1 Å². The lowest BCUT2D eigenvalue weighted by atomic mass is 10.2. The van der Waals surface area contributed by atoms with Crippen molar-refractivity contribution in [3.63, 3.8) is 0 Å². The van der Waals surface area contributed by atoms with Crippen molar-refractivity contribution in [1.29, 1.82) is 0 Å². The van der Waals surface area contributed by atoms with Crippen molar-refractivity contribution in [3.8, 4) is 17.1 Å². The third kappa shape index (κ3) is 2.69. The second-order valence-electron chi connectivity index (χ2n) is 4.59. The Balaban J connectivity index is 2.09. The molecule has 0 atom stereocenters. The van der Waals surface area contributed by atoms with E-state index in [1.165, 1.54) is 12.5 Å². The predicted octanol–water partition coefficient (Wildman–Crippen LogP) is 1.98. The van der Waals surface area contributed by atoms with Gasteiger partial charge in [-0.25, -0.2) is 19.7 Å². The lowest BCUT2D eigenvalue weighted by molar-refractivity contribution is 0.0691. The molecule has 3 aromatic rings. The number of aromatic nitrogens is 5. The van der Waals surface area contributed by atoms with Gasteiger partial charge in [0.2, 0.25) is 0 Å². The van der Waals surface area contributed by atoms with E-state index in [0.717, 1.165) is 11.3 Å². The van der Waals surface area contributed by atoms with Crippen molar-refractivity contribution < 1.29 is 9.90 Å². The first-order chi connectivity index (χ1) is 10.7. The molecule has 0 saturated carbocycles. The summed E-state index contributed by atoms with van der Waals surface area (Å²) in [5.74, 6) is 0.187. The molecule has 0 bridgehead atoms. The van der Waals surface area contributed by atoms with Gasteiger partial charge in [0.1, 0.15) is 18.0 Å². The third-order valence-electron chi connectivity index (χ3n) is 3.12. The Hall–Kier alpha value is -3.09. The van der Waals surface area contributed by atoms with Gasteiger partial charge in [-0.15, -0.1) is 0 Å². The van der Waals surface area contributed by atoms with E-state index in [0.29, 0.717) is 18.1 Å². The molecule has 22 heavy (non-hydrogen) atoms. The number of carboxylic acids is 1. The molecule has 0 unspecified atom stereocenters. The fourth-order valence-electron chi connectivity index (χ4n) is 2.00. The van der Waals surface area contributed by atoms with Crippen molar-refractivity contribution in [2.75, 3.05) is 0 Å². The summed E-state index contributed by atoms with van der Waals surface area (Å²) >= 11 is 0. The molecule has 0 aliphatic heterocycles. The Morgan fingerprint density at radius 1 is 1.27 bits per heavy atom. The second-order valence-corrected chi connectivity index (χ2v) is 4.59. The summed E-state index contributed by atoms with van der Waals surface area (Å²) in [5.41, 5.74) is 1.66. The van der Waals surface area contributed by atoms with Gasteiger partial charge in [0.05, 0.1) is 5.69 Å². The van der Waals surface area contributed by atoms with Crippen LogP contribution in [0.5, 0.6) is 0 Å². The van der Waals surface area contributed by atoms with Crippen molar-refractivity contribution in [1.82, 2.24) is 24.5 Å². The molecular weight excluding hydrogens is 282 g/mol. The lowest BCUT2D eigenvalue weighted by Gasteiger charge is -2.07. The van der Waals surface area contributed by atoms with Crippen LogP contribution in [0.2, 0.25) is 0 Å². The van der Waals surface area contributed by atoms with Crippen molar-refractivity contribution in [2.24, 2.45) is 0 Å². The molecule has 0 amide bonds. The van der Waals surface area contributed by atoms with Gasteiger partial charge in [0, 0.05) is 36.6 Å². The van der Waals surface area contributed by atoms with E-state index < -0.39 is 5.97 Å². The van der Waals surface area contributed by atoms with Gasteiger partial charge in [0.15, 0.2) is 5.69 Å². The zero-order chi connectivity index (χ0) is 15.5. The quantitative estimate of drug-likeness (QED) is 0.791. The minimum atomic E-state index is -1.07. The van der Waals surface area contributed by atoms with Crippen LogP contribution in [0.3, 0.4) is 0 Å². The van der Waals surface area contributed by atoms with Gasteiger partial charge in [-0.1, -0.05) is 6.92 Å². The Labute approximate surface area is 126 Å². The summed E-state index contributed by atoms with van der Waals surface area (Å²) in [6.45, 7) is 1.96. The van der Waals surface area contributed by atoms with Gasteiger partial charge in [0.25, 0.3) is 0 Å². The number of aryl methyl sites for hydroxylation is 1. The normalized spacial score (nSPS) is 10.6. The topological polar surface area (TPSA) is 93.8 Å². The van der Waals surface area contributed by atoms with Crippen LogP contribution in [-0.4, -0.2) is 35.6 Å². The van der Waals surface area contributed by atoms with Crippen molar-refractivity contribution in [2.45, 2.75) is 13.3 Å². The van der Waals surface area contributed by atoms with Gasteiger partial charge in [-0.3, -0.25) is 9.55 Å². The molecule has 0 aromatic carbocycles. The van der Waals surface area contributed by atoms with E-state index in [4.69, 9.17) is 5.11 Å². The lowest BCUT2D eigenvalue weighted by Crippen LogP contribution is -2.03. The van der Waals surface area contributed by atoms with E-state index in [-0.39, 0.29) is 5.69 Å². The first-order valence-electron chi connectivity index (χ1n) is 6.73. The molecular formula is C15H13N5O2. The molecule has 3 aromatic heterocycles. The number of pyridine rings is 1. The Kier molecular flexibility index (Phi) is 3.61. The summed E-state index contributed by atoms with van der Waals surface area (Å²) in [4.78, 5) is 27.7. The number of nitrogens with zero attached hydrogens (tertiary/aromatic N) is 5. The Bertz CT molecular complexity index is 814. The molecule has 1 N–H and O–H groups in total. The van der Waals surface area contributed by atoms with Gasteiger partial charge in [-0.2, -0.15) is 0 Å². The van der Waals surface area contributed by atoms with Crippen LogP contribution in [0.1, 0.15) is 23.2 Å². The fraction of sp³-hybridized carbons (Fsp3) is 0.133. The maximum Gasteiger partial charge on any atom is 0.356 e. The van der Waals surface area contributed by atoms with Crippen LogP contribution < -0.4 is 0 Å². The molecule has 110 valence electrons. The maximum atomic E-state index is 10.9. The first-order valence-corrected chi connectivity index (χ1v) is 6.73. The highest BCUT2D eigenvalue weighted by Gasteiger charge is 2.11. The highest BCUT2D eigenvalue weighted by molar-refractivity contribution is 5.85. The summed E-state index contributed by atoms with van der Waals surface area (Å²) < 4.78 is 1.58. The van der Waals surface area contributed by atoms with Crippen molar-refractivity contribution in [3.05, 3.63) is 54.6 Å².